The number of amides is 1. The number of anilines is 2. The molecule has 4 aliphatic rings. The largest absolute Gasteiger partial charge is 0.507 e. The van der Waals surface area contributed by atoms with E-state index in [4.69, 9.17) is 37.8 Å². The zero-order chi connectivity index (χ0) is 58.8. The number of methoxy groups -OCH3 is 1. The van der Waals surface area contributed by atoms with Crippen LogP contribution in [0.1, 0.15) is 66.5 Å². The van der Waals surface area contributed by atoms with Gasteiger partial charge in [0.15, 0.2) is 22.4 Å². The van der Waals surface area contributed by atoms with Crippen molar-refractivity contribution in [1.82, 2.24) is 14.9 Å². The van der Waals surface area contributed by atoms with Gasteiger partial charge in [-0.25, -0.2) is 14.6 Å². The third-order valence-electron chi connectivity index (χ3n) is 15.3. The number of allylic oxidation sites excluding steroid dienone is 2. The van der Waals surface area contributed by atoms with Crippen molar-refractivity contribution in [1.29, 1.82) is 0 Å². The maximum absolute atomic E-state index is 15.3. The summed E-state index contributed by atoms with van der Waals surface area (Å²) in [6, 6.07) is 6.16. The van der Waals surface area contributed by atoms with Crippen molar-refractivity contribution in [3.8, 4) is 11.5 Å². The number of carbonyl (C=O) groups is 4. The summed E-state index contributed by atoms with van der Waals surface area (Å²) in [5.74, 6) is -10.7. The number of fused-ring (bicyclic) bond motifs is 14. The van der Waals surface area contributed by atoms with Gasteiger partial charge in [0.1, 0.15) is 42.0 Å². The Hall–Kier alpha value is -7.92. The lowest BCUT2D eigenvalue weighted by molar-refractivity contribution is -0.168. The molecule has 0 saturated carbocycles. The predicted molar refractivity (Wildman–Crippen MR) is 298 cm³/mol. The van der Waals surface area contributed by atoms with Gasteiger partial charge in [-0.05, 0) is 36.6 Å². The molecular formula is C59H69N5O17. The zero-order valence-electron chi connectivity index (χ0n) is 46.9. The van der Waals surface area contributed by atoms with E-state index in [1.165, 1.54) is 76.9 Å². The molecule has 22 heteroatoms. The van der Waals surface area contributed by atoms with Crippen LogP contribution in [0, 0.1) is 36.5 Å². The second-order valence-corrected chi connectivity index (χ2v) is 21.6. The quantitative estimate of drug-likeness (QED) is 0.0426. The normalized spacial score (nSPS) is 25.0. The Kier molecular flexibility index (Phi) is 17.9. The number of aromatic hydroxyl groups is 1. The molecule has 81 heavy (non-hydrogen) atoms. The Morgan fingerprint density at radius 1 is 0.889 bits per heavy atom. The van der Waals surface area contributed by atoms with E-state index < -0.39 is 123 Å². The molecule has 5 bridgehead atoms. The summed E-state index contributed by atoms with van der Waals surface area (Å²) in [5.41, 5.74) is -2.53. The van der Waals surface area contributed by atoms with Crippen LogP contribution in [0.15, 0.2) is 86.8 Å². The molecule has 5 N–H and O–H groups in total. The molecule has 1 fully saturated rings. The lowest BCUT2D eigenvalue weighted by atomic mass is 9.78. The van der Waals surface area contributed by atoms with Gasteiger partial charge in [-0.1, -0.05) is 59.8 Å². The molecule has 9 atom stereocenters. The van der Waals surface area contributed by atoms with Crippen molar-refractivity contribution in [2.75, 3.05) is 56.7 Å². The number of pyridine rings is 1. The van der Waals surface area contributed by atoms with Crippen LogP contribution in [-0.4, -0.2) is 136 Å². The number of aliphatic hydroxyl groups excluding tert-OH is 3. The van der Waals surface area contributed by atoms with E-state index in [9.17, 15) is 44.4 Å². The van der Waals surface area contributed by atoms with E-state index in [0.29, 0.717) is 30.3 Å². The van der Waals surface area contributed by atoms with Gasteiger partial charge in [0.25, 0.3) is 5.91 Å². The first-order valence-corrected chi connectivity index (χ1v) is 26.8. The third-order valence-corrected chi connectivity index (χ3v) is 15.3. The minimum Gasteiger partial charge on any atom is -0.507 e. The first-order chi connectivity index (χ1) is 38.4. The van der Waals surface area contributed by atoms with Gasteiger partial charge < -0.3 is 63.5 Å². The monoisotopic (exact) mass is 1120 g/mol. The average molecular weight is 1120 g/mol. The van der Waals surface area contributed by atoms with E-state index in [1.54, 1.807) is 45.9 Å². The van der Waals surface area contributed by atoms with Crippen molar-refractivity contribution < 1.29 is 72.4 Å². The molecule has 6 heterocycles. The van der Waals surface area contributed by atoms with E-state index in [0.717, 1.165) is 19.6 Å². The highest BCUT2D eigenvalue weighted by Crippen LogP contribution is 2.42. The second-order valence-electron chi connectivity index (χ2n) is 21.6. The molecule has 1 amide bonds. The minimum absolute atomic E-state index is 0.0425. The molecule has 0 radical (unpaired) electrons. The number of aliphatic hydroxyl groups is 3. The summed E-state index contributed by atoms with van der Waals surface area (Å²) in [6.07, 6.45) is 5.30. The van der Waals surface area contributed by atoms with Gasteiger partial charge in [-0.15, -0.1) is 0 Å². The number of phenols is 1. The lowest BCUT2D eigenvalue weighted by Gasteiger charge is -2.38. The van der Waals surface area contributed by atoms with Crippen LogP contribution in [0.3, 0.4) is 0 Å². The number of benzene rings is 3. The Morgan fingerprint density at radius 2 is 1.57 bits per heavy atom. The van der Waals surface area contributed by atoms with Crippen LogP contribution in [-0.2, 0) is 49.5 Å². The maximum atomic E-state index is 15.3. The van der Waals surface area contributed by atoms with Gasteiger partial charge in [0, 0.05) is 119 Å². The van der Waals surface area contributed by atoms with Crippen LogP contribution in [0.25, 0.3) is 38.7 Å². The standard InChI is InChI=1S/C59H69N5O17/c1-29(2)26-63-19-21-64(22-20-63)38-24-39(66)45-41(25-38)80-54-46(61-45)42-43-50(69)34(7)53-44(42)55(71)59(9,81-53)78-23-16-40(75-10)31(4)52(79-35(8)65)33(6)49(68)32(5)48(67)30(3)12-11-13-37(56(72)62-47(54)51(43)70)28-77-58(74)57(73)76-27-36-14-17-60-18-15-36/h11-18,23-25,29-33,40,48-49,52,67-69,71H,19-22,26-28H2,1-10H3,(H,62,72). The van der Waals surface area contributed by atoms with E-state index in [-0.39, 0.29) is 50.7 Å². The van der Waals surface area contributed by atoms with Crippen LogP contribution in [0.5, 0.6) is 11.5 Å². The van der Waals surface area contributed by atoms with Crippen LogP contribution in [0.4, 0.5) is 11.4 Å². The van der Waals surface area contributed by atoms with Crippen LogP contribution < -0.4 is 31.0 Å². The number of ether oxygens (including phenoxy) is 6. The minimum atomic E-state index is -2.08. The first kappa shape index (κ1) is 59.2. The Morgan fingerprint density at radius 3 is 2.22 bits per heavy atom. The first-order valence-electron chi connectivity index (χ1n) is 26.8. The molecule has 0 aliphatic carbocycles. The number of piperazine rings is 1. The van der Waals surface area contributed by atoms with Gasteiger partial charge in [-0.3, -0.25) is 29.1 Å². The third kappa shape index (κ3) is 12.2. The topological polar surface area (TPSA) is 296 Å². The van der Waals surface area contributed by atoms with Crippen LogP contribution >= 0.6 is 0 Å². The Labute approximate surface area is 466 Å². The molecule has 9 unspecified atom stereocenters. The predicted octanol–water partition coefficient (Wildman–Crippen LogP) is 5.00. The lowest BCUT2D eigenvalue weighted by Crippen LogP contribution is -2.47. The highest BCUT2D eigenvalue weighted by molar-refractivity contribution is 6.29. The van der Waals surface area contributed by atoms with Crippen molar-refractivity contribution in [2.45, 2.75) is 99.1 Å². The second kappa shape index (κ2) is 24.4. The molecule has 0 spiro atoms. The maximum Gasteiger partial charge on any atom is 0.417 e. The highest BCUT2D eigenvalue weighted by Gasteiger charge is 2.44. The van der Waals surface area contributed by atoms with Crippen molar-refractivity contribution in [3.63, 3.8) is 0 Å². The summed E-state index contributed by atoms with van der Waals surface area (Å²) < 4.78 is 41.1. The number of rotatable bonds is 9. The number of esters is 3. The summed E-state index contributed by atoms with van der Waals surface area (Å²) in [6.45, 7) is 17.3. The fourth-order valence-corrected chi connectivity index (χ4v) is 10.7. The zero-order valence-corrected chi connectivity index (χ0v) is 46.9. The fraction of sp³-hybridized carbons (Fsp3) is 0.458. The Balaban J connectivity index is 1.32. The van der Waals surface area contributed by atoms with Gasteiger partial charge in [-0.2, -0.15) is 0 Å². The Bertz CT molecular complexity index is 3520. The molecule has 432 valence electrons. The van der Waals surface area contributed by atoms with Crippen LogP contribution in [0.2, 0.25) is 0 Å². The van der Waals surface area contributed by atoms with Crippen molar-refractivity contribution in [2.24, 2.45) is 29.6 Å². The smallest absolute Gasteiger partial charge is 0.417 e. The molecule has 4 aliphatic heterocycles. The summed E-state index contributed by atoms with van der Waals surface area (Å²) in [7, 11) is 1.41. The number of hydrogen-bond acceptors (Lipinski definition) is 21. The van der Waals surface area contributed by atoms with Gasteiger partial charge >= 0.3 is 23.7 Å². The van der Waals surface area contributed by atoms with E-state index in [2.05, 4.69) is 29.0 Å². The molecule has 9 rings (SSSR count). The number of carbonyl (C=O) groups excluding carboxylic acids is 4. The SMILES string of the molecule is COC1C=COC2(C)Oc3c(C)c(O)c4c(=O)c(c5oc6cc(N7CCN(CC(C)C)CC7)cc(=O)c6nc5c4c3=C2O)NC(=O)C(COC(=O)C(=O)OCc2ccncc2)=CC=CC(C)C(O)C(C)C(O)C(C)C(OC(C)=O)C1C. The number of hydrogen-bond donors (Lipinski definition) is 5. The van der Waals surface area contributed by atoms with Gasteiger partial charge in [0.2, 0.25) is 10.9 Å². The van der Waals surface area contributed by atoms with E-state index >= 15 is 4.79 Å². The van der Waals surface area contributed by atoms with Gasteiger partial charge in [0.05, 0.1) is 40.8 Å². The van der Waals surface area contributed by atoms with Crippen molar-refractivity contribution in [3.05, 3.63) is 110 Å². The van der Waals surface area contributed by atoms with E-state index in [1.807, 2.05) is 4.90 Å². The number of aromatic nitrogens is 2. The fourth-order valence-electron chi connectivity index (χ4n) is 10.7. The number of nitrogens with one attached hydrogen (secondary N) is 1. The highest BCUT2D eigenvalue weighted by atomic mass is 16.7. The molecule has 1 saturated heterocycles. The molecule has 2 aromatic heterocycles. The molecule has 5 aromatic rings. The number of nitrogens with zero attached hydrogens (tertiary/aromatic N) is 4. The summed E-state index contributed by atoms with van der Waals surface area (Å²) >= 11 is 0. The number of phenolic OH excluding ortho intramolecular Hbond substituents is 1. The molecular weight excluding hydrogens is 1050 g/mol. The average Bonchev–Trinajstić information content (AvgIpc) is 3.72. The van der Waals surface area contributed by atoms with Crippen molar-refractivity contribution >= 4 is 73.9 Å². The molecule has 3 aromatic carbocycles. The summed E-state index contributed by atoms with van der Waals surface area (Å²) in [4.78, 5) is 96.1. The summed E-state index contributed by atoms with van der Waals surface area (Å²) in [5, 5.41) is 49.6. The molecule has 22 nitrogen and oxygen atoms in total.